The molecule has 148 valence electrons. The van der Waals surface area contributed by atoms with Crippen LogP contribution in [0.1, 0.15) is 30.9 Å². The minimum atomic E-state index is -3.08. The van der Waals surface area contributed by atoms with Gasteiger partial charge in [-0.2, -0.15) is 0 Å². The van der Waals surface area contributed by atoms with Crippen LogP contribution >= 0.6 is 0 Å². The van der Waals surface area contributed by atoms with Crippen molar-refractivity contribution in [2.75, 3.05) is 31.3 Å². The third-order valence-corrected chi connectivity index (χ3v) is 6.84. The maximum atomic E-state index is 12.3. The van der Waals surface area contributed by atoms with E-state index in [2.05, 4.69) is 0 Å². The Kier molecular flexibility index (Phi) is 6.04. The predicted molar refractivity (Wildman–Crippen MR) is 99.4 cm³/mol. The summed E-state index contributed by atoms with van der Waals surface area (Å²) in [5.74, 6) is -0.327. The summed E-state index contributed by atoms with van der Waals surface area (Å²) in [6.45, 7) is 1.48. The van der Waals surface area contributed by atoms with Gasteiger partial charge < -0.3 is 14.4 Å². The van der Waals surface area contributed by atoms with Gasteiger partial charge >= 0.3 is 5.97 Å². The second-order valence-electron chi connectivity index (χ2n) is 6.97. The Hall–Kier alpha value is -2.09. The molecule has 0 spiro atoms. The van der Waals surface area contributed by atoms with Crippen LogP contribution in [-0.2, 0) is 37.0 Å². The molecule has 1 heterocycles. The lowest BCUT2D eigenvalue weighted by Crippen LogP contribution is -2.43. The zero-order chi connectivity index (χ0) is 19.4. The molecular weight excluding hydrogens is 370 g/mol. The predicted octanol–water partition coefficient (Wildman–Crippen LogP) is 1.13. The Morgan fingerprint density at radius 3 is 2.67 bits per heavy atom. The van der Waals surface area contributed by atoms with Gasteiger partial charge in [0.05, 0.1) is 11.5 Å². The molecule has 1 aromatic rings. The molecule has 1 saturated heterocycles. The summed E-state index contributed by atoms with van der Waals surface area (Å²) in [4.78, 5) is 25.6. The summed E-state index contributed by atoms with van der Waals surface area (Å²) in [6.07, 6.45) is 3.67. The van der Waals surface area contributed by atoms with Gasteiger partial charge in [0.15, 0.2) is 23.1 Å². The third kappa shape index (κ3) is 5.00. The van der Waals surface area contributed by atoms with Crippen LogP contribution in [0.4, 0.5) is 0 Å². The third-order valence-electron chi connectivity index (χ3n) is 5.09. The number of esters is 1. The van der Waals surface area contributed by atoms with E-state index in [4.69, 9.17) is 9.47 Å². The van der Waals surface area contributed by atoms with Crippen molar-refractivity contribution in [3.8, 4) is 5.75 Å². The van der Waals surface area contributed by atoms with Crippen LogP contribution in [-0.4, -0.2) is 62.5 Å². The molecule has 1 fully saturated rings. The second kappa shape index (κ2) is 8.29. The van der Waals surface area contributed by atoms with Crippen molar-refractivity contribution in [3.63, 3.8) is 0 Å². The van der Waals surface area contributed by atoms with Crippen LogP contribution in [0.2, 0.25) is 0 Å². The molecule has 7 nitrogen and oxygen atoms in total. The van der Waals surface area contributed by atoms with Gasteiger partial charge in [-0.1, -0.05) is 6.07 Å². The Morgan fingerprint density at radius 2 is 1.96 bits per heavy atom. The summed E-state index contributed by atoms with van der Waals surface area (Å²) in [5, 5.41) is 0. The van der Waals surface area contributed by atoms with Crippen molar-refractivity contribution in [3.05, 3.63) is 29.3 Å². The fraction of sp³-hybridized carbons (Fsp3) is 0.579. The van der Waals surface area contributed by atoms with Crippen LogP contribution in [0, 0.1) is 0 Å². The quantitative estimate of drug-likeness (QED) is 0.643. The number of carbonyl (C=O) groups is 2. The number of likely N-dealkylation sites (N-methyl/N-ethyl adjacent to an activating group) is 1. The number of hydrogen-bond donors (Lipinski definition) is 0. The number of fused-ring (bicyclic) bond motifs is 1. The van der Waals surface area contributed by atoms with E-state index in [0.29, 0.717) is 18.7 Å². The van der Waals surface area contributed by atoms with Crippen molar-refractivity contribution in [1.82, 2.24) is 4.90 Å². The van der Waals surface area contributed by atoms with Gasteiger partial charge in [-0.25, -0.2) is 13.2 Å². The highest BCUT2D eigenvalue weighted by molar-refractivity contribution is 7.91. The highest BCUT2D eigenvalue weighted by Crippen LogP contribution is 2.26. The molecule has 8 heteroatoms. The number of benzene rings is 1. The lowest BCUT2D eigenvalue weighted by Gasteiger charge is -2.26. The zero-order valence-electron chi connectivity index (χ0n) is 15.5. The fourth-order valence-electron chi connectivity index (χ4n) is 3.71. The monoisotopic (exact) mass is 395 g/mol. The molecule has 0 saturated carbocycles. The average molecular weight is 395 g/mol. The second-order valence-corrected chi connectivity index (χ2v) is 9.20. The maximum absolute atomic E-state index is 12.3. The van der Waals surface area contributed by atoms with Crippen LogP contribution in [0.3, 0.4) is 0 Å². The van der Waals surface area contributed by atoms with Crippen LogP contribution < -0.4 is 4.74 Å². The Balaban J connectivity index is 1.44. The number of sulfone groups is 1. The normalized spacial score (nSPS) is 20.1. The Bertz CT molecular complexity index is 819. The number of aryl methyl sites for hydroxylation is 2. The maximum Gasteiger partial charge on any atom is 0.344 e. The summed E-state index contributed by atoms with van der Waals surface area (Å²) < 4.78 is 33.7. The largest absolute Gasteiger partial charge is 0.482 e. The molecule has 1 aromatic carbocycles. The topological polar surface area (TPSA) is 90.0 Å². The number of nitrogens with zero attached hydrogens (tertiary/aromatic N) is 1. The SMILES string of the molecule is CCN(C(=O)COC(=O)COc1ccc2c(c1)CCC2)[C@@H]1CCS(=O)(=O)C1. The van der Waals surface area contributed by atoms with Gasteiger partial charge in [0, 0.05) is 12.6 Å². The molecule has 3 rings (SSSR count). The minimum absolute atomic E-state index is 0.0258. The van der Waals surface area contributed by atoms with Crippen molar-refractivity contribution in [2.45, 2.75) is 38.6 Å². The van der Waals surface area contributed by atoms with E-state index in [1.165, 1.54) is 16.0 Å². The van der Waals surface area contributed by atoms with E-state index >= 15 is 0 Å². The Labute approximate surface area is 159 Å². The van der Waals surface area contributed by atoms with E-state index in [0.717, 1.165) is 19.3 Å². The molecule has 0 unspecified atom stereocenters. The number of rotatable bonds is 7. The first-order valence-corrected chi connectivity index (χ1v) is 11.1. The summed E-state index contributed by atoms with van der Waals surface area (Å²) >= 11 is 0. The van der Waals surface area contributed by atoms with Crippen LogP contribution in [0.15, 0.2) is 18.2 Å². The first kappa shape index (κ1) is 19.7. The van der Waals surface area contributed by atoms with Gasteiger partial charge in [-0.3, -0.25) is 4.79 Å². The van der Waals surface area contributed by atoms with E-state index in [1.54, 1.807) is 6.92 Å². The first-order valence-electron chi connectivity index (χ1n) is 9.28. The number of amides is 1. The van der Waals surface area contributed by atoms with Gasteiger partial charge in [0.1, 0.15) is 5.75 Å². The molecule has 0 radical (unpaired) electrons. The van der Waals surface area contributed by atoms with E-state index in [9.17, 15) is 18.0 Å². The lowest BCUT2D eigenvalue weighted by atomic mass is 10.1. The molecule has 1 aliphatic heterocycles. The highest BCUT2D eigenvalue weighted by atomic mass is 32.2. The van der Waals surface area contributed by atoms with Crippen molar-refractivity contribution in [2.24, 2.45) is 0 Å². The number of hydrogen-bond acceptors (Lipinski definition) is 6. The lowest BCUT2D eigenvalue weighted by molar-refractivity contribution is -0.154. The van der Waals surface area contributed by atoms with Crippen LogP contribution in [0.5, 0.6) is 5.75 Å². The molecule has 0 aromatic heterocycles. The molecular formula is C19H25NO6S. The minimum Gasteiger partial charge on any atom is -0.482 e. The van der Waals surface area contributed by atoms with E-state index in [-0.39, 0.29) is 30.1 Å². The molecule has 1 amide bonds. The summed E-state index contributed by atoms with van der Waals surface area (Å²) in [6, 6.07) is 5.46. The van der Waals surface area contributed by atoms with Crippen molar-refractivity contribution >= 4 is 21.7 Å². The standard InChI is InChI=1S/C19H25NO6S/c1-2-20(16-8-9-27(23,24)13-16)18(21)11-26-19(22)12-25-17-7-6-14-4-3-5-15(14)10-17/h6-7,10,16H,2-5,8-9,11-13H2,1H3/t16-/m1/s1. The molecule has 2 aliphatic rings. The Morgan fingerprint density at radius 1 is 1.19 bits per heavy atom. The summed E-state index contributed by atoms with van der Waals surface area (Å²) in [7, 11) is -3.08. The van der Waals surface area contributed by atoms with Crippen molar-refractivity contribution < 1.29 is 27.5 Å². The molecule has 1 atom stereocenters. The van der Waals surface area contributed by atoms with Gasteiger partial charge in [-0.05, 0) is 55.9 Å². The van der Waals surface area contributed by atoms with E-state index in [1.807, 2.05) is 18.2 Å². The molecule has 0 bridgehead atoms. The average Bonchev–Trinajstić information content (AvgIpc) is 3.24. The molecule has 0 N–H and O–H groups in total. The van der Waals surface area contributed by atoms with E-state index < -0.39 is 22.4 Å². The molecule has 27 heavy (non-hydrogen) atoms. The smallest absolute Gasteiger partial charge is 0.344 e. The number of ether oxygens (including phenoxy) is 2. The first-order chi connectivity index (χ1) is 12.9. The van der Waals surface area contributed by atoms with Crippen molar-refractivity contribution in [1.29, 1.82) is 0 Å². The van der Waals surface area contributed by atoms with Crippen LogP contribution in [0.25, 0.3) is 0 Å². The number of carbonyl (C=O) groups excluding carboxylic acids is 2. The van der Waals surface area contributed by atoms with Gasteiger partial charge in [0.2, 0.25) is 0 Å². The fourth-order valence-corrected chi connectivity index (χ4v) is 5.44. The zero-order valence-corrected chi connectivity index (χ0v) is 16.3. The highest BCUT2D eigenvalue weighted by Gasteiger charge is 2.34. The molecule has 1 aliphatic carbocycles. The van der Waals surface area contributed by atoms with Gasteiger partial charge in [-0.15, -0.1) is 0 Å². The van der Waals surface area contributed by atoms with Gasteiger partial charge in [0.25, 0.3) is 5.91 Å². The summed E-state index contributed by atoms with van der Waals surface area (Å²) in [5.41, 5.74) is 2.57.